The molecule has 31 heavy (non-hydrogen) atoms. The highest BCUT2D eigenvalue weighted by molar-refractivity contribution is 8.02. The van der Waals surface area contributed by atoms with Crippen molar-refractivity contribution in [3.63, 3.8) is 0 Å². The number of nitrogens with zero attached hydrogens (tertiary/aromatic N) is 1. The van der Waals surface area contributed by atoms with Gasteiger partial charge in [0.15, 0.2) is 0 Å². The van der Waals surface area contributed by atoms with Crippen molar-refractivity contribution in [1.29, 1.82) is 0 Å². The average molecular weight is 468 g/mol. The third-order valence-electron chi connectivity index (χ3n) is 7.60. The molecule has 10 heteroatoms. The summed E-state index contributed by atoms with van der Waals surface area (Å²) in [7, 11) is -4.13. The number of thioether (sulfide) groups is 1. The molecule has 6 atom stereocenters. The van der Waals surface area contributed by atoms with Crippen LogP contribution in [0.1, 0.15) is 32.1 Å². The molecule has 1 aliphatic heterocycles. The Hall–Kier alpha value is -1.65. The van der Waals surface area contributed by atoms with Gasteiger partial charge in [0, 0.05) is 23.8 Å². The molecule has 2 amide bonds. The van der Waals surface area contributed by atoms with E-state index < -0.39 is 31.5 Å². The predicted molar refractivity (Wildman–Crippen MR) is 114 cm³/mol. The molecule has 4 unspecified atom stereocenters. The molecule has 4 saturated carbocycles. The zero-order chi connectivity index (χ0) is 22.0. The number of sulfonamides is 1. The minimum atomic E-state index is -4.13. The molecule has 6 rings (SSSR count). The molecule has 5 aliphatic rings. The van der Waals surface area contributed by atoms with Crippen molar-refractivity contribution in [2.24, 2.45) is 28.9 Å². The first-order chi connectivity index (χ1) is 14.7. The predicted octanol–water partition coefficient (Wildman–Crippen LogP) is 1.69. The van der Waals surface area contributed by atoms with Crippen molar-refractivity contribution >= 4 is 33.6 Å². The number of hydrogen-bond acceptors (Lipinski definition) is 5. The van der Waals surface area contributed by atoms with Crippen LogP contribution in [0, 0.1) is 29.0 Å². The lowest BCUT2D eigenvalue weighted by atomic mass is 9.47. The first-order valence-corrected chi connectivity index (χ1v) is 13.2. The summed E-state index contributed by atoms with van der Waals surface area (Å²) in [6.45, 7) is 0.157. The SMILES string of the molecule is NC(=O)C12CC3C[C@H](C1)C(NC(=O)C1SCCN1S(=O)(=O)c1ccccc1F)[C@@H](C3)C2. The van der Waals surface area contributed by atoms with Gasteiger partial charge in [-0.2, -0.15) is 4.31 Å². The fourth-order valence-electron chi connectivity index (χ4n) is 6.48. The van der Waals surface area contributed by atoms with Crippen LogP contribution in [0.2, 0.25) is 0 Å². The number of hydrogen-bond donors (Lipinski definition) is 2. The molecule has 0 radical (unpaired) electrons. The number of nitrogens with one attached hydrogen (secondary N) is 1. The van der Waals surface area contributed by atoms with Crippen LogP contribution in [0.15, 0.2) is 29.2 Å². The van der Waals surface area contributed by atoms with E-state index in [1.54, 1.807) is 0 Å². The normalized spacial score (nSPS) is 37.1. The standard InChI is InChI=1S/C21H26FN3O4S2/c22-15-3-1-2-4-16(15)31(28,29)25-5-6-30-19(25)18(26)24-17-13-7-12-8-14(17)11-21(9-12,10-13)20(23)27/h1-4,12-14,17,19H,5-11H2,(H2,23,27)(H,24,26)/t12?,13-,14+,17?,19?,21?. The van der Waals surface area contributed by atoms with E-state index in [4.69, 9.17) is 5.73 Å². The zero-order valence-corrected chi connectivity index (χ0v) is 18.6. The summed E-state index contributed by atoms with van der Waals surface area (Å²) >= 11 is 1.25. The summed E-state index contributed by atoms with van der Waals surface area (Å²) in [5.74, 6) is -0.0983. The van der Waals surface area contributed by atoms with Crippen LogP contribution < -0.4 is 11.1 Å². The summed E-state index contributed by atoms with van der Waals surface area (Å²) in [6, 6.07) is 5.16. The molecule has 1 heterocycles. The topological polar surface area (TPSA) is 110 Å². The highest BCUT2D eigenvalue weighted by Crippen LogP contribution is 2.60. The number of rotatable bonds is 5. The highest BCUT2D eigenvalue weighted by Gasteiger charge is 2.58. The Morgan fingerprint density at radius 3 is 2.48 bits per heavy atom. The Kier molecular flexibility index (Phi) is 5.10. The largest absolute Gasteiger partial charge is 0.369 e. The Bertz CT molecular complexity index is 1020. The van der Waals surface area contributed by atoms with Gasteiger partial charge in [0.1, 0.15) is 16.1 Å². The Balaban J connectivity index is 1.34. The van der Waals surface area contributed by atoms with Crippen LogP contribution in [0.25, 0.3) is 0 Å². The highest BCUT2D eigenvalue weighted by atomic mass is 32.2. The lowest BCUT2D eigenvalue weighted by molar-refractivity contribution is -0.147. The smallest absolute Gasteiger partial charge is 0.248 e. The lowest BCUT2D eigenvalue weighted by Gasteiger charge is -2.58. The van der Waals surface area contributed by atoms with Gasteiger partial charge >= 0.3 is 0 Å². The average Bonchev–Trinajstić information content (AvgIpc) is 3.21. The van der Waals surface area contributed by atoms with Crippen LogP contribution >= 0.6 is 11.8 Å². The van der Waals surface area contributed by atoms with E-state index in [1.165, 1.54) is 30.0 Å². The molecule has 1 saturated heterocycles. The van der Waals surface area contributed by atoms with Crippen LogP contribution in [0.4, 0.5) is 4.39 Å². The van der Waals surface area contributed by atoms with Gasteiger partial charge in [-0.05, 0) is 62.0 Å². The second-order valence-electron chi connectivity index (χ2n) is 9.42. The van der Waals surface area contributed by atoms with Gasteiger partial charge in [0.25, 0.3) is 0 Å². The van der Waals surface area contributed by atoms with Crippen molar-refractivity contribution < 1.29 is 22.4 Å². The second-order valence-corrected chi connectivity index (χ2v) is 12.5. The van der Waals surface area contributed by atoms with Gasteiger partial charge in [-0.3, -0.25) is 9.59 Å². The number of benzene rings is 1. The van der Waals surface area contributed by atoms with Gasteiger partial charge < -0.3 is 11.1 Å². The fourth-order valence-corrected chi connectivity index (χ4v) is 9.64. The lowest BCUT2D eigenvalue weighted by Crippen LogP contribution is -2.63. The minimum Gasteiger partial charge on any atom is -0.369 e. The summed E-state index contributed by atoms with van der Waals surface area (Å²) < 4.78 is 41.4. The summed E-state index contributed by atoms with van der Waals surface area (Å²) in [5.41, 5.74) is 5.29. The van der Waals surface area contributed by atoms with Gasteiger partial charge in [0.05, 0.1) is 0 Å². The van der Waals surface area contributed by atoms with E-state index in [0.717, 1.165) is 29.6 Å². The minimum absolute atomic E-state index is 0.0734. The van der Waals surface area contributed by atoms with E-state index in [1.807, 2.05) is 0 Å². The molecule has 1 aromatic carbocycles. The molecular weight excluding hydrogens is 441 g/mol. The van der Waals surface area contributed by atoms with E-state index in [2.05, 4.69) is 5.32 Å². The van der Waals surface area contributed by atoms with Crippen molar-refractivity contribution in [2.45, 2.75) is 48.4 Å². The van der Waals surface area contributed by atoms with Crippen LogP contribution in [-0.2, 0) is 19.6 Å². The Morgan fingerprint density at radius 2 is 1.84 bits per heavy atom. The molecule has 5 fully saturated rings. The number of primary amides is 1. The Morgan fingerprint density at radius 1 is 1.16 bits per heavy atom. The van der Waals surface area contributed by atoms with E-state index in [9.17, 15) is 22.4 Å². The first-order valence-electron chi connectivity index (χ1n) is 10.7. The molecule has 168 valence electrons. The van der Waals surface area contributed by atoms with Gasteiger partial charge in [-0.25, -0.2) is 12.8 Å². The van der Waals surface area contributed by atoms with Crippen LogP contribution in [-0.4, -0.2) is 48.3 Å². The van der Waals surface area contributed by atoms with Crippen molar-refractivity contribution in [3.05, 3.63) is 30.1 Å². The number of amides is 2. The van der Waals surface area contributed by atoms with E-state index in [0.29, 0.717) is 24.5 Å². The molecular formula is C21H26FN3O4S2. The van der Waals surface area contributed by atoms with Crippen molar-refractivity contribution in [3.8, 4) is 0 Å². The second kappa shape index (κ2) is 7.45. The number of carbonyl (C=O) groups is 2. The monoisotopic (exact) mass is 467 g/mol. The van der Waals surface area contributed by atoms with Crippen LogP contribution in [0.5, 0.6) is 0 Å². The Labute approximate surface area is 185 Å². The molecule has 0 spiro atoms. The molecule has 1 aromatic rings. The maximum absolute atomic E-state index is 14.2. The number of nitrogens with two attached hydrogens (primary N) is 1. The summed E-state index contributed by atoms with van der Waals surface area (Å²) in [4.78, 5) is 24.9. The number of halogens is 1. The molecule has 4 bridgehead atoms. The van der Waals surface area contributed by atoms with E-state index in [-0.39, 0.29) is 36.2 Å². The third-order valence-corrected chi connectivity index (χ3v) is 10.8. The molecule has 0 aromatic heterocycles. The van der Waals surface area contributed by atoms with Gasteiger partial charge in [0.2, 0.25) is 21.8 Å². The first kappa shape index (κ1) is 21.2. The maximum Gasteiger partial charge on any atom is 0.248 e. The maximum atomic E-state index is 14.2. The van der Waals surface area contributed by atoms with Gasteiger partial charge in [-0.1, -0.05) is 12.1 Å². The molecule has 7 nitrogen and oxygen atoms in total. The molecule has 3 N–H and O–H groups in total. The van der Waals surface area contributed by atoms with Crippen LogP contribution in [0.3, 0.4) is 0 Å². The fraction of sp³-hybridized carbons (Fsp3) is 0.619. The number of carbonyl (C=O) groups excluding carboxylic acids is 2. The molecule has 4 aliphatic carbocycles. The third kappa shape index (κ3) is 3.38. The van der Waals surface area contributed by atoms with E-state index >= 15 is 0 Å². The van der Waals surface area contributed by atoms with Crippen molar-refractivity contribution in [2.75, 3.05) is 12.3 Å². The van der Waals surface area contributed by atoms with Gasteiger partial charge in [-0.15, -0.1) is 11.8 Å². The summed E-state index contributed by atoms with van der Waals surface area (Å²) in [5, 5.41) is 2.19. The zero-order valence-electron chi connectivity index (χ0n) is 17.0. The summed E-state index contributed by atoms with van der Waals surface area (Å²) in [6.07, 6.45) is 4.16. The quantitative estimate of drug-likeness (QED) is 0.685. The van der Waals surface area contributed by atoms with Crippen molar-refractivity contribution in [1.82, 2.24) is 9.62 Å².